The number of benzene rings is 3. The van der Waals surface area contributed by atoms with E-state index in [4.69, 9.17) is 14.2 Å². The van der Waals surface area contributed by atoms with Crippen LogP contribution in [0.15, 0.2) is 72.3 Å². The molecule has 0 radical (unpaired) electrons. The molecular formula is C33H37NO6. The Labute approximate surface area is 236 Å². The van der Waals surface area contributed by atoms with Crippen molar-refractivity contribution in [3.8, 4) is 17.2 Å². The molecular weight excluding hydrogens is 506 g/mol. The van der Waals surface area contributed by atoms with Crippen LogP contribution in [-0.2, 0) is 16.0 Å². The molecule has 210 valence electrons. The van der Waals surface area contributed by atoms with Crippen molar-refractivity contribution in [3.05, 3.63) is 89.0 Å². The Morgan fingerprint density at radius 1 is 0.875 bits per heavy atom. The number of anilines is 1. The van der Waals surface area contributed by atoms with Gasteiger partial charge in [0.25, 0.3) is 11.7 Å². The summed E-state index contributed by atoms with van der Waals surface area (Å²) in [5, 5.41) is 11.5. The maximum Gasteiger partial charge on any atom is 0.300 e. The summed E-state index contributed by atoms with van der Waals surface area (Å²) in [6.07, 6.45) is 4.01. The molecule has 1 fully saturated rings. The fourth-order valence-electron chi connectivity index (χ4n) is 4.84. The van der Waals surface area contributed by atoms with Crippen LogP contribution in [0.25, 0.3) is 5.76 Å². The highest BCUT2D eigenvalue weighted by Crippen LogP contribution is 2.44. The van der Waals surface area contributed by atoms with Crippen LogP contribution < -0.4 is 19.1 Å². The number of unbranched alkanes of at least 4 members (excludes halogenated alkanes) is 2. The predicted octanol–water partition coefficient (Wildman–Crippen LogP) is 6.85. The zero-order valence-electron chi connectivity index (χ0n) is 23.6. The number of amides is 1. The van der Waals surface area contributed by atoms with Gasteiger partial charge in [-0.1, -0.05) is 44.9 Å². The third-order valence-corrected chi connectivity index (χ3v) is 7.01. The molecule has 1 amide bonds. The minimum Gasteiger partial charge on any atom is -0.507 e. The van der Waals surface area contributed by atoms with Crippen molar-refractivity contribution in [2.24, 2.45) is 0 Å². The Bertz CT molecular complexity index is 1360. The largest absolute Gasteiger partial charge is 0.507 e. The lowest BCUT2D eigenvalue weighted by Crippen LogP contribution is -2.29. The normalized spacial score (nSPS) is 16.3. The number of aliphatic hydroxyl groups excluding tert-OH is 1. The Balaban J connectivity index is 1.80. The van der Waals surface area contributed by atoms with Crippen molar-refractivity contribution < 1.29 is 28.9 Å². The van der Waals surface area contributed by atoms with Gasteiger partial charge in [0, 0.05) is 11.3 Å². The van der Waals surface area contributed by atoms with Gasteiger partial charge in [-0.25, -0.2) is 0 Å². The standard InChI is InChI=1S/C33H37NO6/c1-5-8-9-20-40-26-17-12-23(13-18-26)31(35)29-30(24-14-19-27(38-4)28(21-24)39-7-3)34(33(37)32(29)36)25-15-10-22(6-2)11-16-25/h10-19,21,30,35H,5-9,20H2,1-4H3/b31-29-. The van der Waals surface area contributed by atoms with E-state index in [0.717, 1.165) is 31.2 Å². The molecule has 1 aliphatic heterocycles. The first-order valence-corrected chi connectivity index (χ1v) is 13.9. The Morgan fingerprint density at radius 2 is 1.60 bits per heavy atom. The Morgan fingerprint density at radius 3 is 2.23 bits per heavy atom. The molecule has 0 aliphatic carbocycles. The van der Waals surface area contributed by atoms with Gasteiger partial charge < -0.3 is 19.3 Å². The summed E-state index contributed by atoms with van der Waals surface area (Å²) in [6.45, 7) is 7.07. The number of ether oxygens (including phenoxy) is 3. The fraction of sp³-hybridized carbons (Fsp3) is 0.333. The van der Waals surface area contributed by atoms with Crippen LogP contribution in [0.5, 0.6) is 17.2 Å². The molecule has 0 spiro atoms. The van der Waals surface area contributed by atoms with E-state index in [-0.39, 0.29) is 11.3 Å². The van der Waals surface area contributed by atoms with Crippen LogP contribution >= 0.6 is 0 Å². The monoisotopic (exact) mass is 543 g/mol. The van der Waals surface area contributed by atoms with E-state index < -0.39 is 17.7 Å². The van der Waals surface area contributed by atoms with Crippen molar-refractivity contribution in [1.29, 1.82) is 0 Å². The maximum atomic E-state index is 13.5. The molecule has 40 heavy (non-hydrogen) atoms. The van der Waals surface area contributed by atoms with Crippen LogP contribution in [0.2, 0.25) is 0 Å². The lowest BCUT2D eigenvalue weighted by atomic mass is 9.94. The van der Waals surface area contributed by atoms with Gasteiger partial charge in [-0.15, -0.1) is 0 Å². The van der Waals surface area contributed by atoms with E-state index in [0.29, 0.717) is 47.3 Å². The first-order valence-electron chi connectivity index (χ1n) is 13.9. The second-order valence-corrected chi connectivity index (χ2v) is 9.61. The van der Waals surface area contributed by atoms with Crippen molar-refractivity contribution in [2.75, 3.05) is 25.2 Å². The highest BCUT2D eigenvalue weighted by atomic mass is 16.5. The molecule has 0 bridgehead atoms. The molecule has 0 saturated carbocycles. The van der Waals surface area contributed by atoms with Crippen LogP contribution in [0.4, 0.5) is 5.69 Å². The molecule has 0 aromatic heterocycles. The van der Waals surface area contributed by atoms with Crippen LogP contribution in [0, 0.1) is 0 Å². The number of ketones is 1. The first-order chi connectivity index (χ1) is 19.4. The van der Waals surface area contributed by atoms with Crippen molar-refractivity contribution in [2.45, 2.75) is 52.5 Å². The van der Waals surface area contributed by atoms with Gasteiger partial charge in [0.1, 0.15) is 11.5 Å². The zero-order valence-corrected chi connectivity index (χ0v) is 23.6. The highest BCUT2D eigenvalue weighted by Gasteiger charge is 2.47. The minimum absolute atomic E-state index is 0.00815. The number of aliphatic hydroxyl groups is 1. The van der Waals surface area contributed by atoms with Gasteiger partial charge in [0.2, 0.25) is 0 Å². The number of hydrogen-bond donors (Lipinski definition) is 1. The number of Topliss-reactive ketones (excluding diaryl/α,β-unsaturated/α-hetero) is 1. The number of nitrogens with zero attached hydrogens (tertiary/aromatic N) is 1. The van der Waals surface area contributed by atoms with Gasteiger partial charge in [0.15, 0.2) is 11.5 Å². The zero-order chi connectivity index (χ0) is 28.6. The lowest BCUT2D eigenvalue weighted by Gasteiger charge is -2.26. The molecule has 4 rings (SSSR count). The Kier molecular flexibility index (Phi) is 9.48. The summed E-state index contributed by atoms with van der Waals surface area (Å²) in [5.74, 6) is -0.0147. The van der Waals surface area contributed by atoms with Crippen LogP contribution in [0.3, 0.4) is 0 Å². The van der Waals surface area contributed by atoms with E-state index in [9.17, 15) is 14.7 Å². The first kappa shape index (κ1) is 28.7. The molecule has 3 aromatic carbocycles. The summed E-state index contributed by atoms with van der Waals surface area (Å²) in [5.41, 5.74) is 2.71. The summed E-state index contributed by atoms with van der Waals surface area (Å²) in [7, 11) is 1.55. The number of methoxy groups -OCH3 is 1. The SMILES string of the molecule is CCCCCOc1ccc(/C(O)=C2/C(=O)C(=O)N(c3ccc(CC)cc3)C2c2ccc(OC)c(OCC)c2)cc1. The van der Waals surface area contributed by atoms with Crippen molar-refractivity contribution >= 4 is 23.1 Å². The molecule has 7 heteroatoms. The summed E-state index contributed by atoms with van der Waals surface area (Å²) in [4.78, 5) is 28.5. The smallest absolute Gasteiger partial charge is 0.300 e. The van der Waals surface area contributed by atoms with E-state index in [1.165, 1.54) is 4.90 Å². The third-order valence-electron chi connectivity index (χ3n) is 7.01. The number of hydrogen-bond acceptors (Lipinski definition) is 6. The van der Waals surface area contributed by atoms with Crippen molar-refractivity contribution in [1.82, 2.24) is 0 Å². The van der Waals surface area contributed by atoms with Gasteiger partial charge in [-0.05, 0) is 79.4 Å². The van der Waals surface area contributed by atoms with E-state index >= 15 is 0 Å². The van der Waals surface area contributed by atoms with E-state index in [2.05, 4.69) is 13.8 Å². The molecule has 3 aromatic rings. The molecule has 7 nitrogen and oxygen atoms in total. The minimum atomic E-state index is -0.873. The molecule has 1 heterocycles. The summed E-state index contributed by atoms with van der Waals surface area (Å²) in [6, 6.07) is 18.9. The molecule has 1 atom stereocenters. The predicted molar refractivity (Wildman–Crippen MR) is 156 cm³/mol. The summed E-state index contributed by atoms with van der Waals surface area (Å²) >= 11 is 0. The van der Waals surface area contributed by atoms with Crippen LogP contribution in [0.1, 0.15) is 62.8 Å². The quantitative estimate of drug-likeness (QED) is 0.116. The van der Waals surface area contributed by atoms with Gasteiger partial charge in [-0.3, -0.25) is 14.5 Å². The third kappa shape index (κ3) is 5.98. The second kappa shape index (κ2) is 13.2. The average Bonchev–Trinajstić information content (AvgIpc) is 3.25. The lowest BCUT2D eigenvalue weighted by molar-refractivity contribution is -0.132. The molecule has 1 saturated heterocycles. The summed E-state index contributed by atoms with van der Waals surface area (Å²) < 4.78 is 17.0. The van der Waals surface area contributed by atoms with E-state index in [1.807, 2.05) is 31.2 Å². The maximum absolute atomic E-state index is 13.5. The highest BCUT2D eigenvalue weighted by molar-refractivity contribution is 6.51. The number of rotatable bonds is 12. The molecule has 1 unspecified atom stereocenters. The fourth-order valence-corrected chi connectivity index (χ4v) is 4.84. The van der Waals surface area contributed by atoms with Crippen LogP contribution in [-0.4, -0.2) is 37.1 Å². The topological polar surface area (TPSA) is 85.3 Å². The number of carbonyl (C=O) groups excluding carboxylic acids is 2. The molecule has 1 aliphatic rings. The van der Waals surface area contributed by atoms with Gasteiger partial charge in [-0.2, -0.15) is 0 Å². The Hall–Kier alpha value is -4.26. The number of carbonyl (C=O) groups is 2. The van der Waals surface area contributed by atoms with Gasteiger partial charge >= 0.3 is 0 Å². The number of aryl methyl sites for hydroxylation is 1. The average molecular weight is 544 g/mol. The van der Waals surface area contributed by atoms with Crippen molar-refractivity contribution in [3.63, 3.8) is 0 Å². The molecule has 1 N–H and O–H groups in total. The second-order valence-electron chi connectivity index (χ2n) is 9.61. The van der Waals surface area contributed by atoms with Gasteiger partial charge in [0.05, 0.1) is 31.9 Å². The van der Waals surface area contributed by atoms with E-state index in [1.54, 1.807) is 49.6 Å².